The van der Waals surface area contributed by atoms with Gasteiger partial charge >= 0.3 is 6.18 Å². The zero-order valence-electron chi connectivity index (χ0n) is 17.2. The number of likely N-dealkylation sites (tertiary alicyclic amines) is 1. The molecule has 32 heavy (non-hydrogen) atoms. The van der Waals surface area contributed by atoms with Crippen molar-refractivity contribution in [3.8, 4) is 0 Å². The molecule has 0 atom stereocenters. The van der Waals surface area contributed by atoms with Gasteiger partial charge in [-0.1, -0.05) is 18.2 Å². The number of hydrogen-bond donors (Lipinski definition) is 2. The molecular weight excluding hydrogens is 422 g/mol. The summed E-state index contributed by atoms with van der Waals surface area (Å²) >= 11 is 0. The molecule has 0 unspecified atom stereocenters. The number of nitrogens with two attached hydrogens (primary N) is 1. The number of hydrogen-bond acceptors (Lipinski definition) is 5. The summed E-state index contributed by atoms with van der Waals surface area (Å²) < 4.78 is 51.8. The molecule has 3 aromatic rings. The number of nitrogens with one attached hydrogen (secondary N) is 1. The van der Waals surface area contributed by atoms with Crippen molar-refractivity contribution in [1.82, 2.24) is 14.9 Å². The van der Waals surface area contributed by atoms with Crippen LogP contribution in [0.3, 0.4) is 0 Å². The van der Waals surface area contributed by atoms with E-state index in [-0.39, 0.29) is 23.4 Å². The molecule has 4 rings (SSSR count). The zero-order valence-corrected chi connectivity index (χ0v) is 17.2. The van der Waals surface area contributed by atoms with Gasteiger partial charge in [0.15, 0.2) is 0 Å². The Balaban J connectivity index is 1.37. The first-order chi connectivity index (χ1) is 15.3. The van der Waals surface area contributed by atoms with Crippen LogP contribution in [0.2, 0.25) is 0 Å². The number of benzene rings is 2. The van der Waals surface area contributed by atoms with E-state index >= 15 is 0 Å². The Hall–Kier alpha value is -3.20. The molecule has 1 aliphatic rings. The Morgan fingerprint density at radius 2 is 1.78 bits per heavy atom. The molecule has 1 aliphatic heterocycles. The van der Waals surface area contributed by atoms with E-state index in [9.17, 15) is 17.6 Å². The number of halogens is 4. The van der Waals surface area contributed by atoms with Gasteiger partial charge in [-0.2, -0.15) is 18.2 Å². The number of anilines is 3. The normalized spacial score (nSPS) is 15.6. The zero-order chi connectivity index (χ0) is 22.7. The molecule has 3 N–H and O–H groups in total. The fourth-order valence-corrected chi connectivity index (χ4v) is 3.93. The number of alkyl halides is 3. The predicted molar refractivity (Wildman–Crippen MR) is 115 cm³/mol. The van der Waals surface area contributed by atoms with E-state index in [1.54, 1.807) is 18.3 Å². The van der Waals surface area contributed by atoms with Crippen molar-refractivity contribution in [2.45, 2.75) is 31.5 Å². The SMILES string of the molecule is Nc1nc(Nc2cccc(C(F)(F)F)c2)ncc1C1CCN(Cc2ccc(F)cc2)CC1. The van der Waals surface area contributed by atoms with Gasteiger partial charge in [0, 0.05) is 24.0 Å². The fraction of sp³-hybridized carbons (Fsp3) is 0.304. The van der Waals surface area contributed by atoms with Crippen LogP contribution >= 0.6 is 0 Å². The second kappa shape index (κ2) is 9.12. The topological polar surface area (TPSA) is 67.1 Å². The Labute approximate surface area is 183 Å². The van der Waals surface area contributed by atoms with Gasteiger partial charge in [-0.15, -0.1) is 0 Å². The quantitative estimate of drug-likeness (QED) is 0.519. The lowest BCUT2D eigenvalue weighted by atomic mass is 9.90. The van der Waals surface area contributed by atoms with E-state index in [0.29, 0.717) is 5.82 Å². The van der Waals surface area contributed by atoms with E-state index in [1.807, 2.05) is 0 Å². The lowest BCUT2D eigenvalue weighted by molar-refractivity contribution is -0.137. The van der Waals surface area contributed by atoms with Crippen molar-refractivity contribution in [1.29, 1.82) is 0 Å². The summed E-state index contributed by atoms with van der Waals surface area (Å²) in [5.41, 5.74) is 7.56. The van der Waals surface area contributed by atoms with E-state index in [4.69, 9.17) is 5.73 Å². The van der Waals surface area contributed by atoms with Gasteiger partial charge < -0.3 is 11.1 Å². The van der Waals surface area contributed by atoms with Gasteiger partial charge in [0.25, 0.3) is 0 Å². The molecule has 0 bridgehead atoms. The molecule has 1 aromatic heterocycles. The minimum Gasteiger partial charge on any atom is -0.383 e. The summed E-state index contributed by atoms with van der Waals surface area (Å²) in [4.78, 5) is 10.8. The van der Waals surface area contributed by atoms with Gasteiger partial charge in [-0.25, -0.2) is 9.37 Å². The molecular formula is C23H23F4N5. The highest BCUT2D eigenvalue weighted by Crippen LogP contribution is 2.33. The molecule has 0 spiro atoms. The minimum atomic E-state index is -4.42. The van der Waals surface area contributed by atoms with Crippen molar-refractivity contribution in [2.24, 2.45) is 0 Å². The van der Waals surface area contributed by atoms with Crippen LogP contribution in [0.5, 0.6) is 0 Å². The second-order valence-corrected chi connectivity index (χ2v) is 7.91. The number of aromatic nitrogens is 2. The highest BCUT2D eigenvalue weighted by atomic mass is 19.4. The molecule has 5 nitrogen and oxygen atoms in total. The summed E-state index contributed by atoms with van der Waals surface area (Å²) in [6.45, 7) is 2.50. The molecule has 0 saturated carbocycles. The second-order valence-electron chi connectivity index (χ2n) is 7.91. The molecule has 168 valence electrons. The van der Waals surface area contributed by atoms with Crippen LogP contribution in [0, 0.1) is 5.82 Å². The minimum absolute atomic E-state index is 0.152. The Kier molecular flexibility index (Phi) is 6.27. The van der Waals surface area contributed by atoms with Crippen LogP contribution in [-0.4, -0.2) is 28.0 Å². The monoisotopic (exact) mass is 445 g/mol. The van der Waals surface area contributed by atoms with Gasteiger partial charge in [0.1, 0.15) is 11.6 Å². The van der Waals surface area contributed by atoms with Crippen molar-refractivity contribution < 1.29 is 17.6 Å². The highest BCUT2D eigenvalue weighted by Gasteiger charge is 2.30. The van der Waals surface area contributed by atoms with Gasteiger partial charge in [0.05, 0.1) is 5.56 Å². The molecule has 0 aliphatic carbocycles. The van der Waals surface area contributed by atoms with Crippen LogP contribution in [-0.2, 0) is 12.7 Å². The number of piperidine rings is 1. The third-order valence-corrected chi connectivity index (χ3v) is 5.64. The summed E-state index contributed by atoms with van der Waals surface area (Å²) in [7, 11) is 0. The molecule has 0 amide bonds. The van der Waals surface area contributed by atoms with Gasteiger partial charge in [-0.05, 0) is 67.7 Å². The van der Waals surface area contributed by atoms with E-state index in [1.165, 1.54) is 24.3 Å². The average molecular weight is 445 g/mol. The number of rotatable bonds is 5. The number of nitrogen functional groups attached to an aromatic ring is 1. The maximum atomic E-state index is 13.1. The largest absolute Gasteiger partial charge is 0.416 e. The van der Waals surface area contributed by atoms with E-state index in [0.717, 1.165) is 55.7 Å². The number of nitrogens with zero attached hydrogens (tertiary/aromatic N) is 3. The Morgan fingerprint density at radius 1 is 1.06 bits per heavy atom. The van der Waals surface area contributed by atoms with Crippen LogP contribution in [0.4, 0.5) is 35.0 Å². The van der Waals surface area contributed by atoms with Crippen LogP contribution in [0.15, 0.2) is 54.7 Å². The van der Waals surface area contributed by atoms with Crippen LogP contribution in [0.25, 0.3) is 0 Å². The predicted octanol–water partition coefficient (Wildman–Crippen LogP) is 5.34. The summed E-state index contributed by atoms with van der Waals surface area (Å²) in [6, 6.07) is 11.4. The third kappa shape index (κ3) is 5.34. The molecule has 1 fully saturated rings. The lowest BCUT2D eigenvalue weighted by Gasteiger charge is -2.32. The summed E-state index contributed by atoms with van der Waals surface area (Å²) in [5, 5.41) is 2.79. The first-order valence-corrected chi connectivity index (χ1v) is 10.3. The Morgan fingerprint density at radius 3 is 2.44 bits per heavy atom. The smallest absolute Gasteiger partial charge is 0.383 e. The third-order valence-electron chi connectivity index (χ3n) is 5.64. The van der Waals surface area contributed by atoms with Crippen LogP contribution < -0.4 is 11.1 Å². The average Bonchev–Trinajstić information content (AvgIpc) is 2.76. The molecule has 0 radical (unpaired) electrons. The first-order valence-electron chi connectivity index (χ1n) is 10.3. The maximum Gasteiger partial charge on any atom is 0.416 e. The Bertz CT molecular complexity index is 1060. The van der Waals surface area contributed by atoms with Gasteiger partial charge in [-0.3, -0.25) is 4.90 Å². The summed E-state index contributed by atoms with van der Waals surface area (Å²) in [5.74, 6) is 0.446. The van der Waals surface area contributed by atoms with Crippen molar-refractivity contribution >= 4 is 17.5 Å². The van der Waals surface area contributed by atoms with Crippen LogP contribution in [0.1, 0.15) is 35.4 Å². The highest BCUT2D eigenvalue weighted by molar-refractivity contribution is 5.57. The van der Waals surface area contributed by atoms with Crippen molar-refractivity contribution in [3.05, 3.63) is 77.2 Å². The van der Waals surface area contributed by atoms with Crippen molar-refractivity contribution in [2.75, 3.05) is 24.1 Å². The first kappa shape index (κ1) is 22.0. The molecule has 9 heteroatoms. The molecule has 2 heterocycles. The maximum absolute atomic E-state index is 13.1. The van der Waals surface area contributed by atoms with Crippen molar-refractivity contribution in [3.63, 3.8) is 0 Å². The van der Waals surface area contributed by atoms with Gasteiger partial charge in [0.2, 0.25) is 5.95 Å². The molecule has 1 saturated heterocycles. The summed E-state index contributed by atoms with van der Waals surface area (Å²) in [6.07, 6.45) is -1.00. The lowest BCUT2D eigenvalue weighted by Crippen LogP contribution is -2.32. The fourth-order valence-electron chi connectivity index (χ4n) is 3.93. The molecule has 2 aromatic carbocycles. The standard InChI is InChI=1S/C23H23F4N5/c24-18-6-4-15(5-7-18)14-32-10-8-16(9-11-32)20-13-29-22(31-21(20)28)30-19-3-1-2-17(12-19)23(25,26)27/h1-7,12-13,16H,8-11,14H2,(H3,28,29,30,31). The van der Waals surface area contributed by atoms with E-state index in [2.05, 4.69) is 20.2 Å². The van der Waals surface area contributed by atoms with E-state index < -0.39 is 11.7 Å².